The molecule has 1 N–H and O–H groups in total. The molecule has 0 aromatic heterocycles. The zero-order chi connectivity index (χ0) is 20.6. The maximum atomic E-state index is 13.0. The van der Waals surface area contributed by atoms with E-state index >= 15 is 0 Å². The Balaban J connectivity index is 1.82. The fourth-order valence-corrected chi connectivity index (χ4v) is 3.34. The van der Waals surface area contributed by atoms with E-state index in [1.165, 1.54) is 0 Å². The molecule has 1 aliphatic rings. The normalized spacial score (nSPS) is 12.6. The number of carbonyl (C=O) groups is 2. The van der Waals surface area contributed by atoms with Gasteiger partial charge >= 0.3 is 0 Å². The monoisotopic (exact) mass is 389 g/mol. The van der Waals surface area contributed by atoms with Crippen molar-refractivity contribution in [3.8, 4) is 0 Å². The highest BCUT2D eigenvalue weighted by molar-refractivity contribution is 6.06. The maximum Gasteiger partial charge on any atom is 0.255 e. The highest BCUT2D eigenvalue weighted by Gasteiger charge is 2.19. The molecular formula is C24H27N3O2. The Labute approximate surface area is 172 Å². The first-order valence-corrected chi connectivity index (χ1v) is 10.1. The van der Waals surface area contributed by atoms with E-state index in [2.05, 4.69) is 24.2 Å². The smallest absolute Gasteiger partial charge is 0.255 e. The van der Waals surface area contributed by atoms with Gasteiger partial charge in [-0.25, -0.2) is 0 Å². The molecule has 0 atom stereocenters. The first kappa shape index (κ1) is 20.5. The largest absolute Gasteiger partial charge is 0.339 e. The second-order valence-electron chi connectivity index (χ2n) is 7.07. The zero-order valence-corrected chi connectivity index (χ0v) is 17.0. The van der Waals surface area contributed by atoms with Gasteiger partial charge in [0.1, 0.15) is 0 Å². The van der Waals surface area contributed by atoms with Crippen molar-refractivity contribution in [3.63, 3.8) is 0 Å². The fourth-order valence-electron chi connectivity index (χ4n) is 3.34. The number of benzene rings is 2. The SMILES string of the molecule is CCCN(CCC)C(=O)C1=Cc2ccc(C(=O)Nc3ccccc3)cc2N=CC1. The Bertz CT molecular complexity index is 926. The Morgan fingerprint density at radius 2 is 1.76 bits per heavy atom. The van der Waals surface area contributed by atoms with Gasteiger partial charge < -0.3 is 10.2 Å². The van der Waals surface area contributed by atoms with Crippen LogP contribution in [-0.2, 0) is 4.79 Å². The summed E-state index contributed by atoms with van der Waals surface area (Å²) in [5, 5.41) is 2.88. The number of nitrogens with one attached hydrogen (secondary N) is 1. The molecule has 0 saturated carbocycles. The summed E-state index contributed by atoms with van der Waals surface area (Å²) < 4.78 is 0. The van der Waals surface area contributed by atoms with Crippen molar-refractivity contribution < 1.29 is 9.59 Å². The maximum absolute atomic E-state index is 13.0. The van der Waals surface area contributed by atoms with E-state index in [1.54, 1.807) is 18.3 Å². The molecule has 1 aliphatic heterocycles. The summed E-state index contributed by atoms with van der Waals surface area (Å²) in [7, 11) is 0. The predicted molar refractivity (Wildman–Crippen MR) is 119 cm³/mol. The molecule has 0 radical (unpaired) electrons. The van der Waals surface area contributed by atoms with E-state index in [0.29, 0.717) is 17.7 Å². The first-order chi connectivity index (χ1) is 14.1. The number of hydrogen-bond donors (Lipinski definition) is 1. The summed E-state index contributed by atoms with van der Waals surface area (Å²) in [4.78, 5) is 31.9. The van der Waals surface area contributed by atoms with Crippen LogP contribution in [0.1, 0.15) is 49.0 Å². The number of fused-ring (bicyclic) bond motifs is 1. The van der Waals surface area contributed by atoms with Crippen molar-refractivity contribution in [2.75, 3.05) is 18.4 Å². The van der Waals surface area contributed by atoms with Crippen LogP contribution in [0.25, 0.3) is 6.08 Å². The van der Waals surface area contributed by atoms with Gasteiger partial charge in [-0.15, -0.1) is 0 Å². The number of nitrogens with zero attached hydrogens (tertiary/aromatic N) is 2. The second-order valence-corrected chi connectivity index (χ2v) is 7.07. The van der Waals surface area contributed by atoms with E-state index in [9.17, 15) is 9.59 Å². The molecule has 0 spiro atoms. The Morgan fingerprint density at radius 3 is 2.45 bits per heavy atom. The van der Waals surface area contributed by atoms with Crippen molar-refractivity contribution in [1.29, 1.82) is 0 Å². The van der Waals surface area contributed by atoms with Crippen molar-refractivity contribution in [2.45, 2.75) is 33.1 Å². The molecule has 0 saturated heterocycles. The third-order valence-corrected chi connectivity index (χ3v) is 4.74. The topological polar surface area (TPSA) is 61.8 Å². The van der Waals surface area contributed by atoms with E-state index in [4.69, 9.17) is 0 Å². The zero-order valence-electron chi connectivity index (χ0n) is 17.0. The molecule has 0 aliphatic carbocycles. The van der Waals surface area contributed by atoms with Crippen LogP contribution in [0.5, 0.6) is 0 Å². The highest BCUT2D eigenvalue weighted by Crippen LogP contribution is 2.28. The molecule has 1 heterocycles. The minimum Gasteiger partial charge on any atom is -0.339 e. The Kier molecular flexibility index (Phi) is 6.95. The van der Waals surface area contributed by atoms with Gasteiger partial charge in [0.25, 0.3) is 5.91 Å². The highest BCUT2D eigenvalue weighted by atomic mass is 16.2. The molecule has 0 fully saturated rings. The summed E-state index contributed by atoms with van der Waals surface area (Å²) in [6.07, 6.45) is 6.02. The quantitative estimate of drug-likeness (QED) is 0.718. The summed E-state index contributed by atoms with van der Waals surface area (Å²) >= 11 is 0. The molecular weight excluding hydrogens is 362 g/mol. The van der Waals surface area contributed by atoms with E-state index in [1.807, 2.05) is 47.4 Å². The molecule has 5 heteroatoms. The number of para-hydroxylation sites is 1. The number of rotatable bonds is 7. The molecule has 29 heavy (non-hydrogen) atoms. The van der Waals surface area contributed by atoms with Gasteiger partial charge in [0.2, 0.25) is 5.91 Å². The van der Waals surface area contributed by atoms with Gasteiger partial charge in [0.05, 0.1) is 5.69 Å². The third kappa shape index (κ3) is 5.19. The predicted octanol–water partition coefficient (Wildman–Crippen LogP) is 5.08. The number of amides is 2. The van der Waals surface area contributed by atoms with Crippen LogP contribution in [0, 0.1) is 0 Å². The summed E-state index contributed by atoms with van der Waals surface area (Å²) in [6, 6.07) is 14.7. The Hall–Kier alpha value is -3.21. The van der Waals surface area contributed by atoms with E-state index < -0.39 is 0 Å². The van der Waals surface area contributed by atoms with Crippen LogP contribution in [0.4, 0.5) is 11.4 Å². The average Bonchev–Trinajstić information content (AvgIpc) is 2.95. The minimum atomic E-state index is -0.184. The van der Waals surface area contributed by atoms with E-state index in [-0.39, 0.29) is 11.8 Å². The van der Waals surface area contributed by atoms with Gasteiger partial charge in [0, 0.05) is 48.1 Å². The fraction of sp³-hybridized carbons (Fsp3) is 0.292. The van der Waals surface area contributed by atoms with Crippen LogP contribution in [0.3, 0.4) is 0 Å². The van der Waals surface area contributed by atoms with Gasteiger partial charge in [-0.3, -0.25) is 14.6 Å². The molecule has 2 aromatic rings. The number of hydrogen-bond acceptors (Lipinski definition) is 3. The Morgan fingerprint density at radius 1 is 1.03 bits per heavy atom. The van der Waals surface area contributed by atoms with E-state index in [0.717, 1.165) is 42.8 Å². The van der Waals surface area contributed by atoms with Crippen LogP contribution < -0.4 is 5.32 Å². The third-order valence-electron chi connectivity index (χ3n) is 4.74. The van der Waals surface area contributed by atoms with Gasteiger partial charge in [-0.05, 0) is 43.2 Å². The molecule has 150 valence electrons. The first-order valence-electron chi connectivity index (χ1n) is 10.1. The number of anilines is 1. The van der Waals surface area contributed by atoms with Crippen molar-refractivity contribution in [3.05, 3.63) is 65.2 Å². The standard InChI is InChI=1S/C24H27N3O2/c1-3-14-27(15-4-2)24(29)20-12-13-25-22-17-19(11-10-18(22)16-20)23(28)26-21-8-6-5-7-9-21/h5-11,13,16-17H,3-4,12,14-15H2,1-2H3,(H,26,28). The van der Waals surface area contributed by atoms with Crippen molar-refractivity contribution in [2.24, 2.45) is 4.99 Å². The molecule has 0 bridgehead atoms. The van der Waals surface area contributed by atoms with Crippen LogP contribution >= 0.6 is 0 Å². The average molecular weight is 389 g/mol. The lowest BCUT2D eigenvalue weighted by Crippen LogP contribution is -2.33. The molecule has 2 aromatic carbocycles. The van der Waals surface area contributed by atoms with Gasteiger partial charge in [-0.1, -0.05) is 38.1 Å². The van der Waals surface area contributed by atoms with Crippen molar-refractivity contribution >= 4 is 35.5 Å². The van der Waals surface area contributed by atoms with Crippen LogP contribution in [0.15, 0.2) is 59.1 Å². The van der Waals surface area contributed by atoms with Crippen LogP contribution in [-0.4, -0.2) is 36.0 Å². The van der Waals surface area contributed by atoms with Crippen LogP contribution in [0.2, 0.25) is 0 Å². The second kappa shape index (κ2) is 9.82. The summed E-state index contributed by atoms with van der Waals surface area (Å²) in [5.41, 5.74) is 3.57. The lowest BCUT2D eigenvalue weighted by molar-refractivity contribution is -0.127. The lowest BCUT2D eigenvalue weighted by Gasteiger charge is -2.22. The minimum absolute atomic E-state index is 0.0684. The van der Waals surface area contributed by atoms with Crippen molar-refractivity contribution in [1.82, 2.24) is 4.90 Å². The molecule has 5 nitrogen and oxygen atoms in total. The molecule has 3 rings (SSSR count). The summed E-state index contributed by atoms with van der Waals surface area (Å²) in [6.45, 7) is 5.67. The number of aliphatic imine (C=N–C) groups is 1. The lowest BCUT2D eigenvalue weighted by atomic mass is 10.0. The summed E-state index contributed by atoms with van der Waals surface area (Å²) in [5.74, 6) is -0.116. The van der Waals surface area contributed by atoms with Gasteiger partial charge in [-0.2, -0.15) is 0 Å². The van der Waals surface area contributed by atoms with Gasteiger partial charge in [0.15, 0.2) is 0 Å². The molecule has 2 amide bonds. The molecule has 0 unspecified atom stereocenters. The number of carbonyl (C=O) groups excluding carboxylic acids is 2.